The fourth-order valence-electron chi connectivity index (χ4n) is 1.01. The zero-order valence-corrected chi connectivity index (χ0v) is 5.46. The summed E-state index contributed by atoms with van der Waals surface area (Å²) < 4.78 is 0. The van der Waals surface area contributed by atoms with Crippen molar-refractivity contribution in [2.45, 2.75) is 0 Å². The van der Waals surface area contributed by atoms with Crippen LogP contribution in [-0.4, -0.2) is 9.97 Å². The Hall–Kier alpha value is -1.31. The van der Waals surface area contributed by atoms with Crippen molar-refractivity contribution in [3.05, 3.63) is 37.0 Å². The molecule has 0 saturated heterocycles. The number of rotatable bonds is 0. The minimum Gasteiger partial charge on any atom is -0.343 e. The van der Waals surface area contributed by atoms with Crippen LogP contribution in [0.25, 0.3) is 11.0 Å². The van der Waals surface area contributed by atoms with Crippen LogP contribution in [0.3, 0.4) is 0 Å². The molecule has 2 rings (SSSR count). The molecule has 1 N–H and O–H groups in total. The minimum absolute atomic E-state index is 0.910. The van der Waals surface area contributed by atoms with Crippen molar-refractivity contribution in [1.29, 1.82) is 0 Å². The molecule has 2 heteroatoms. The van der Waals surface area contributed by atoms with Crippen molar-refractivity contribution < 1.29 is 0 Å². The van der Waals surface area contributed by atoms with Gasteiger partial charge in [0, 0.05) is 17.3 Å². The highest BCUT2D eigenvalue weighted by Gasteiger charge is 1.93. The summed E-state index contributed by atoms with van der Waals surface area (Å²) in [7, 11) is 0. The molecule has 0 atom stereocenters. The smallest absolute Gasteiger partial charge is 0.137 e. The van der Waals surface area contributed by atoms with Crippen molar-refractivity contribution in [1.82, 2.24) is 9.97 Å². The average Bonchev–Trinajstić information content (AvgIpc) is 2.27. The summed E-state index contributed by atoms with van der Waals surface area (Å²) in [6, 6.07) is 5.89. The van der Waals surface area contributed by atoms with Crippen molar-refractivity contribution in [3.63, 3.8) is 0 Å². The van der Waals surface area contributed by atoms with Gasteiger partial charge in [0.05, 0.1) is 0 Å². The van der Waals surface area contributed by atoms with E-state index in [1.54, 1.807) is 6.20 Å². The summed E-state index contributed by atoms with van der Waals surface area (Å²) in [5.74, 6) is 0. The number of hydrogen-bond acceptors (Lipinski definition) is 1. The Bertz CT molecular complexity index is 316. The third-order valence-corrected chi connectivity index (χ3v) is 1.45. The quantitative estimate of drug-likeness (QED) is 0.579. The Balaban J connectivity index is 2.88. The number of H-pyrrole nitrogens is 1. The molecule has 2 aromatic rings. The molecule has 10 heavy (non-hydrogen) atoms. The second kappa shape index (κ2) is 1.84. The van der Waals surface area contributed by atoms with Crippen molar-refractivity contribution in [3.8, 4) is 0 Å². The molecular weight excluding hydrogens is 124 g/mol. The molecule has 2 heterocycles. The van der Waals surface area contributed by atoms with Crippen LogP contribution in [0.15, 0.2) is 24.4 Å². The first-order chi connectivity index (χ1) is 4.86. The van der Waals surface area contributed by atoms with Gasteiger partial charge in [-0.1, -0.05) is 0 Å². The van der Waals surface area contributed by atoms with Crippen LogP contribution >= 0.6 is 0 Å². The second-order valence-electron chi connectivity index (χ2n) is 2.24. The summed E-state index contributed by atoms with van der Waals surface area (Å²) in [6.45, 7) is 3.76. The van der Waals surface area contributed by atoms with Gasteiger partial charge in [0.15, 0.2) is 0 Å². The van der Waals surface area contributed by atoms with E-state index in [2.05, 4.69) is 16.9 Å². The number of fused-ring (bicyclic) bond motifs is 1. The zero-order valence-electron chi connectivity index (χ0n) is 5.46. The van der Waals surface area contributed by atoms with E-state index >= 15 is 0 Å². The van der Waals surface area contributed by atoms with Crippen LogP contribution in [-0.2, 0) is 0 Å². The molecule has 0 aromatic carbocycles. The van der Waals surface area contributed by atoms with Crippen molar-refractivity contribution in [2.75, 3.05) is 0 Å². The third kappa shape index (κ3) is 0.692. The summed E-state index contributed by atoms with van der Waals surface area (Å²) >= 11 is 0. The Morgan fingerprint density at radius 1 is 1.50 bits per heavy atom. The Labute approximate surface area is 58.9 Å². The molecule has 0 spiro atoms. The number of pyridine rings is 1. The van der Waals surface area contributed by atoms with E-state index in [4.69, 9.17) is 0 Å². The molecule has 1 radical (unpaired) electrons. The maximum Gasteiger partial charge on any atom is 0.137 e. The first-order valence-electron chi connectivity index (χ1n) is 3.12. The Kier molecular flexibility index (Phi) is 1.01. The van der Waals surface area contributed by atoms with Gasteiger partial charge >= 0.3 is 0 Å². The van der Waals surface area contributed by atoms with Gasteiger partial charge in [-0.25, -0.2) is 4.98 Å². The maximum atomic E-state index is 4.11. The molecule has 0 saturated carbocycles. The summed E-state index contributed by atoms with van der Waals surface area (Å²) in [6.07, 6.45) is 1.76. The maximum absolute atomic E-state index is 4.11. The van der Waals surface area contributed by atoms with Gasteiger partial charge < -0.3 is 4.98 Å². The highest BCUT2D eigenvalue weighted by atomic mass is 14.8. The molecular formula is C8H7N2. The molecule has 2 nitrogen and oxygen atoms in total. The number of aromatic nitrogens is 2. The summed E-state index contributed by atoms with van der Waals surface area (Å²) in [5.41, 5.74) is 1.82. The van der Waals surface area contributed by atoms with Crippen LogP contribution in [0.2, 0.25) is 0 Å². The Morgan fingerprint density at radius 3 is 3.20 bits per heavy atom. The third-order valence-electron chi connectivity index (χ3n) is 1.45. The predicted molar refractivity (Wildman–Crippen MR) is 40.6 cm³/mol. The van der Waals surface area contributed by atoms with E-state index in [0.717, 1.165) is 16.7 Å². The first kappa shape index (κ1) is 5.47. The normalized spacial score (nSPS) is 10.5. The average molecular weight is 131 g/mol. The first-order valence-corrected chi connectivity index (χ1v) is 3.12. The van der Waals surface area contributed by atoms with E-state index in [9.17, 15) is 0 Å². The molecule has 0 amide bonds. The van der Waals surface area contributed by atoms with Gasteiger partial charge in [0.25, 0.3) is 0 Å². The molecule has 0 bridgehead atoms. The van der Waals surface area contributed by atoms with Gasteiger partial charge in [0.1, 0.15) is 5.65 Å². The second-order valence-corrected chi connectivity index (χ2v) is 2.24. The molecule has 0 aliphatic rings. The number of nitrogens with one attached hydrogen (secondary N) is 1. The molecule has 0 aliphatic heterocycles. The molecule has 0 aliphatic carbocycles. The van der Waals surface area contributed by atoms with Crippen LogP contribution in [0.4, 0.5) is 0 Å². The van der Waals surface area contributed by atoms with Crippen LogP contribution in [0.1, 0.15) is 5.69 Å². The van der Waals surface area contributed by atoms with Gasteiger partial charge in [-0.3, -0.25) is 0 Å². The van der Waals surface area contributed by atoms with Gasteiger partial charge in [-0.05, 0) is 25.1 Å². The minimum atomic E-state index is 0.910. The molecule has 49 valence electrons. The number of hydrogen-bond donors (Lipinski definition) is 1. The lowest BCUT2D eigenvalue weighted by Crippen LogP contribution is -1.72. The summed E-state index contributed by atoms with van der Waals surface area (Å²) in [5, 5.41) is 1.12. The van der Waals surface area contributed by atoms with Crippen LogP contribution < -0.4 is 0 Å². The lowest BCUT2D eigenvalue weighted by molar-refractivity contribution is 1.30. The number of nitrogens with zero attached hydrogens (tertiary/aromatic N) is 1. The van der Waals surface area contributed by atoms with Gasteiger partial charge in [0.2, 0.25) is 0 Å². The van der Waals surface area contributed by atoms with E-state index < -0.39 is 0 Å². The topological polar surface area (TPSA) is 28.7 Å². The van der Waals surface area contributed by atoms with Crippen molar-refractivity contribution in [2.24, 2.45) is 0 Å². The molecule has 2 aromatic heterocycles. The van der Waals surface area contributed by atoms with Gasteiger partial charge in [-0.15, -0.1) is 0 Å². The van der Waals surface area contributed by atoms with Gasteiger partial charge in [-0.2, -0.15) is 0 Å². The van der Waals surface area contributed by atoms with E-state index in [1.165, 1.54) is 0 Å². The molecule has 0 fully saturated rings. The zero-order chi connectivity index (χ0) is 6.97. The Morgan fingerprint density at radius 2 is 2.40 bits per heavy atom. The number of aromatic amines is 1. The standard InChI is InChI=1S/C8H7N2/c1-6-5-7-3-2-4-9-8(7)10-6/h2-5H,1H2,(H,9,10). The van der Waals surface area contributed by atoms with E-state index in [-0.39, 0.29) is 0 Å². The largest absolute Gasteiger partial charge is 0.343 e. The highest BCUT2D eigenvalue weighted by molar-refractivity contribution is 5.76. The van der Waals surface area contributed by atoms with Crippen molar-refractivity contribution >= 4 is 11.0 Å². The van der Waals surface area contributed by atoms with E-state index in [0.29, 0.717) is 0 Å². The SMILES string of the molecule is [CH2]c1cc2cccnc2[nH]1. The fraction of sp³-hybridized carbons (Fsp3) is 0. The van der Waals surface area contributed by atoms with Crippen LogP contribution in [0, 0.1) is 6.92 Å². The molecule has 0 unspecified atom stereocenters. The van der Waals surface area contributed by atoms with E-state index in [1.807, 2.05) is 18.2 Å². The summed E-state index contributed by atoms with van der Waals surface area (Å²) in [4.78, 5) is 7.14. The fourth-order valence-corrected chi connectivity index (χ4v) is 1.01. The monoisotopic (exact) mass is 131 g/mol. The predicted octanol–water partition coefficient (Wildman–Crippen LogP) is 1.75. The lowest BCUT2D eigenvalue weighted by Gasteiger charge is -1.82. The lowest BCUT2D eigenvalue weighted by atomic mass is 10.3. The van der Waals surface area contributed by atoms with Crippen LogP contribution in [0.5, 0.6) is 0 Å². The highest BCUT2D eigenvalue weighted by Crippen LogP contribution is 2.10.